The molecule has 0 unspecified atom stereocenters. The minimum atomic E-state index is 0. The summed E-state index contributed by atoms with van der Waals surface area (Å²) in [5.74, 6) is 0. The maximum absolute atomic E-state index is 7.13. The van der Waals surface area contributed by atoms with Crippen LogP contribution in [0.15, 0.2) is 18.7 Å². The largest absolute Gasteiger partial charge is 2.00 e. The van der Waals surface area contributed by atoms with Crippen LogP contribution in [-0.2, 0) is 44.7 Å². The summed E-state index contributed by atoms with van der Waals surface area (Å²) in [7, 11) is 0. The summed E-state index contributed by atoms with van der Waals surface area (Å²) in [4.78, 5) is 6.42. The summed E-state index contributed by atoms with van der Waals surface area (Å²) in [6.45, 7) is 0. The molecule has 7 heteroatoms. The molecule has 0 aliphatic heterocycles. The predicted octanol–water partition coefficient (Wildman–Crippen LogP) is 0.436. The van der Waals surface area contributed by atoms with Crippen molar-refractivity contribution >= 4 is 25.3 Å². The van der Waals surface area contributed by atoms with Crippen LogP contribution < -0.4 is 0 Å². The summed E-state index contributed by atoms with van der Waals surface area (Å²) in [6.07, 6.45) is 5.08. The third kappa shape index (κ3) is 34.8. The SMILES string of the molecule is N#C[S-].N#C[S-].[Zn+2].c1c[nH]cn1. The Morgan fingerprint density at radius 3 is 1.75 bits per heavy atom. The van der Waals surface area contributed by atoms with Crippen LogP contribution in [0.1, 0.15) is 0 Å². The van der Waals surface area contributed by atoms with Crippen molar-refractivity contribution in [3.8, 4) is 10.8 Å². The second kappa shape index (κ2) is 22.5. The van der Waals surface area contributed by atoms with Crippen LogP contribution in [0.25, 0.3) is 0 Å². The molecule has 0 saturated heterocycles. The number of aromatic amines is 1. The van der Waals surface area contributed by atoms with Crippen LogP contribution in [0, 0.1) is 21.3 Å². The molecule has 1 aromatic rings. The van der Waals surface area contributed by atoms with Gasteiger partial charge in [0.1, 0.15) is 0 Å². The van der Waals surface area contributed by atoms with Gasteiger partial charge in [-0.25, -0.2) is 15.5 Å². The molecule has 0 fully saturated rings. The van der Waals surface area contributed by atoms with Crippen LogP contribution in [0.2, 0.25) is 0 Å². The molecule has 0 amide bonds. The molecule has 1 aromatic heterocycles. The second-order valence-corrected chi connectivity index (χ2v) is 1.31. The smallest absolute Gasteiger partial charge is 0.696 e. The minimum Gasteiger partial charge on any atom is -0.696 e. The first-order valence-corrected chi connectivity index (χ1v) is 3.10. The normalized spacial score (nSPS) is 4.50. The van der Waals surface area contributed by atoms with Gasteiger partial charge < -0.3 is 30.2 Å². The van der Waals surface area contributed by atoms with Gasteiger partial charge in [0.25, 0.3) is 0 Å². The van der Waals surface area contributed by atoms with Crippen molar-refractivity contribution in [2.24, 2.45) is 0 Å². The molecule has 1 N–H and O–H groups in total. The van der Waals surface area contributed by atoms with Crippen molar-refractivity contribution in [2.75, 3.05) is 0 Å². The number of imidazole rings is 1. The molecular formula is C5H4N4S2Zn. The van der Waals surface area contributed by atoms with Gasteiger partial charge in [-0.15, -0.1) is 0 Å². The predicted molar refractivity (Wildman–Crippen MR) is 44.5 cm³/mol. The van der Waals surface area contributed by atoms with Gasteiger partial charge in [0.15, 0.2) is 0 Å². The number of hydrogen-bond donors (Lipinski definition) is 1. The number of H-pyrrole nitrogens is 1. The molecular weight excluding hydrogens is 246 g/mol. The summed E-state index contributed by atoms with van der Waals surface area (Å²) in [5, 5.41) is 16.9. The van der Waals surface area contributed by atoms with E-state index < -0.39 is 0 Å². The molecule has 0 aromatic carbocycles. The fourth-order valence-corrected chi connectivity index (χ4v) is 0.215. The molecule has 4 nitrogen and oxygen atoms in total. The quantitative estimate of drug-likeness (QED) is 0.410. The van der Waals surface area contributed by atoms with Gasteiger partial charge in [0.05, 0.1) is 6.33 Å². The molecule has 0 bridgehead atoms. The third-order valence-corrected chi connectivity index (χ3v) is 0.406. The maximum atomic E-state index is 7.13. The molecule has 0 aliphatic rings. The Kier molecular flexibility index (Phi) is 32.5. The van der Waals surface area contributed by atoms with E-state index in [0.717, 1.165) is 0 Å². The summed E-state index contributed by atoms with van der Waals surface area (Å²) < 4.78 is 0. The van der Waals surface area contributed by atoms with E-state index in [-0.39, 0.29) is 19.5 Å². The number of rotatable bonds is 0. The molecule has 1 rings (SSSR count). The molecule has 1 heterocycles. The van der Waals surface area contributed by atoms with Crippen LogP contribution in [0.4, 0.5) is 0 Å². The summed E-state index contributed by atoms with van der Waals surface area (Å²) >= 11 is 7.40. The van der Waals surface area contributed by atoms with E-state index in [9.17, 15) is 0 Å². The van der Waals surface area contributed by atoms with Gasteiger partial charge in [0.2, 0.25) is 0 Å². The van der Waals surface area contributed by atoms with E-state index in [4.69, 9.17) is 10.5 Å². The zero-order valence-electron chi connectivity index (χ0n) is 6.10. The van der Waals surface area contributed by atoms with Gasteiger partial charge in [0, 0.05) is 12.4 Å². The van der Waals surface area contributed by atoms with Crippen LogP contribution in [0.5, 0.6) is 0 Å². The van der Waals surface area contributed by atoms with Crippen LogP contribution in [0.3, 0.4) is 0 Å². The third-order valence-electron chi connectivity index (χ3n) is 0.406. The summed E-state index contributed by atoms with van der Waals surface area (Å²) in [5.41, 5.74) is 0. The van der Waals surface area contributed by atoms with Gasteiger partial charge in [-0.3, -0.25) is 0 Å². The first kappa shape index (κ1) is 17.4. The Bertz CT molecular complexity index is 183. The minimum absolute atomic E-state index is 0. The number of aromatic nitrogens is 2. The van der Waals surface area contributed by atoms with E-state index in [1.807, 2.05) is 0 Å². The zero-order valence-corrected chi connectivity index (χ0v) is 10.7. The number of thiocyanates is 2. The number of nitrogens with one attached hydrogen (secondary N) is 1. The Morgan fingerprint density at radius 1 is 1.25 bits per heavy atom. The first-order valence-electron chi connectivity index (χ1n) is 2.28. The fraction of sp³-hybridized carbons (Fsp3) is 0. The van der Waals surface area contributed by atoms with E-state index in [0.29, 0.717) is 0 Å². The Balaban J connectivity index is -0.000000104. The van der Waals surface area contributed by atoms with Gasteiger partial charge >= 0.3 is 19.5 Å². The Hall–Kier alpha value is -0.747. The van der Waals surface area contributed by atoms with Crippen molar-refractivity contribution in [3.63, 3.8) is 0 Å². The number of nitrogens with zero attached hydrogens (tertiary/aromatic N) is 3. The van der Waals surface area contributed by atoms with Crippen molar-refractivity contribution in [2.45, 2.75) is 0 Å². The van der Waals surface area contributed by atoms with E-state index in [1.165, 1.54) is 10.8 Å². The first-order chi connectivity index (χ1) is 5.33. The molecule has 0 spiro atoms. The van der Waals surface area contributed by atoms with Crippen molar-refractivity contribution in [1.82, 2.24) is 9.97 Å². The van der Waals surface area contributed by atoms with Crippen LogP contribution in [-0.4, -0.2) is 9.97 Å². The van der Waals surface area contributed by atoms with E-state index >= 15 is 0 Å². The Labute approximate surface area is 94.6 Å². The Morgan fingerprint density at radius 2 is 1.67 bits per heavy atom. The monoisotopic (exact) mass is 248 g/mol. The van der Waals surface area contributed by atoms with Crippen molar-refractivity contribution in [1.29, 1.82) is 10.5 Å². The van der Waals surface area contributed by atoms with E-state index in [2.05, 4.69) is 35.2 Å². The van der Waals surface area contributed by atoms with Crippen molar-refractivity contribution < 1.29 is 19.5 Å². The van der Waals surface area contributed by atoms with Crippen molar-refractivity contribution in [3.05, 3.63) is 18.7 Å². The van der Waals surface area contributed by atoms with E-state index in [1.54, 1.807) is 18.7 Å². The van der Waals surface area contributed by atoms with Gasteiger partial charge in [-0.1, -0.05) is 10.8 Å². The molecule has 0 radical (unpaired) electrons. The second-order valence-electron chi connectivity index (χ2n) is 0.943. The molecule has 12 heavy (non-hydrogen) atoms. The zero-order chi connectivity index (χ0) is 8.95. The standard InChI is InChI=1S/C3H4N2.2CHNS.Zn/c1-2-5-3-4-1;2*2-1-3;/h1-3H,(H,4,5);2*3H;/q;;;+2/p-2. The van der Waals surface area contributed by atoms with Gasteiger partial charge in [-0.2, -0.15) is 0 Å². The average Bonchev–Trinajstić information content (AvgIpc) is 2.44. The van der Waals surface area contributed by atoms with Crippen LogP contribution >= 0.6 is 0 Å². The molecule has 0 saturated carbocycles. The molecule has 0 aliphatic carbocycles. The number of nitriles is 2. The molecule has 0 atom stereocenters. The molecule has 58 valence electrons. The topological polar surface area (TPSA) is 76.3 Å². The number of hydrogen-bond acceptors (Lipinski definition) is 5. The average molecular weight is 250 g/mol. The maximum Gasteiger partial charge on any atom is 2.00 e. The summed E-state index contributed by atoms with van der Waals surface area (Å²) in [6, 6.07) is 0. The van der Waals surface area contributed by atoms with Gasteiger partial charge in [-0.05, 0) is 0 Å². The fourth-order valence-electron chi connectivity index (χ4n) is 0.215.